The van der Waals surface area contributed by atoms with Gasteiger partial charge in [0.25, 0.3) is 0 Å². The van der Waals surface area contributed by atoms with E-state index < -0.39 is 0 Å². The number of anilines is 1. The molecule has 5 rings (SSSR count). The standard InChI is InChI=1S/C25H27N3OS/c1-19-17-30-18-28(19)25-14-24(21(15-26-25)16-27-12-5-2-6-13-27)29-23-11-7-9-20-8-3-4-10-22(20)23/h3-4,7-11,14-15,17H,2,5-6,12-13,16,18H2,1H3. The summed E-state index contributed by atoms with van der Waals surface area (Å²) in [5, 5.41) is 4.51. The number of likely N-dealkylation sites (tertiary alicyclic amines) is 1. The number of piperidine rings is 1. The summed E-state index contributed by atoms with van der Waals surface area (Å²) in [4.78, 5) is 9.57. The van der Waals surface area contributed by atoms with Gasteiger partial charge in [-0.15, -0.1) is 11.8 Å². The van der Waals surface area contributed by atoms with E-state index in [1.54, 1.807) is 11.8 Å². The highest BCUT2D eigenvalue weighted by Gasteiger charge is 2.20. The number of rotatable bonds is 5. The highest BCUT2D eigenvalue weighted by molar-refractivity contribution is 8.02. The summed E-state index contributed by atoms with van der Waals surface area (Å²) in [7, 11) is 0. The van der Waals surface area contributed by atoms with Gasteiger partial charge in [0.15, 0.2) is 0 Å². The first-order valence-corrected chi connectivity index (χ1v) is 11.8. The first kappa shape index (κ1) is 19.5. The smallest absolute Gasteiger partial charge is 0.137 e. The number of benzene rings is 2. The Hall–Kier alpha value is -2.50. The molecule has 4 nitrogen and oxygen atoms in total. The Morgan fingerprint density at radius 2 is 1.83 bits per heavy atom. The number of pyridine rings is 1. The molecular weight excluding hydrogens is 390 g/mol. The molecule has 0 radical (unpaired) electrons. The second-order valence-electron chi connectivity index (χ2n) is 8.05. The molecule has 1 aromatic heterocycles. The fraction of sp³-hybridized carbons (Fsp3) is 0.320. The number of allylic oxidation sites excluding steroid dienone is 1. The van der Waals surface area contributed by atoms with Crippen LogP contribution in [0.1, 0.15) is 31.7 Å². The molecule has 5 heteroatoms. The molecular formula is C25H27N3OS. The van der Waals surface area contributed by atoms with E-state index in [9.17, 15) is 0 Å². The lowest BCUT2D eigenvalue weighted by Crippen LogP contribution is -2.29. The molecule has 3 aromatic rings. The Bertz CT molecular complexity index is 1070. The van der Waals surface area contributed by atoms with Gasteiger partial charge in [-0.25, -0.2) is 4.98 Å². The van der Waals surface area contributed by atoms with Crippen molar-refractivity contribution in [1.29, 1.82) is 0 Å². The lowest BCUT2D eigenvalue weighted by Gasteiger charge is -2.27. The highest BCUT2D eigenvalue weighted by Crippen LogP contribution is 2.36. The molecule has 0 amide bonds. The maximum absolute atomic E-state index is 6.58. The third-order valence-electron chi connectivity index (χ3n) is 5.90. The van der Waals surface area contributed by atoms with Crippen molar-refractivity contribution in [1.82, 2.24) is 9.88 Å². The molecule has 0 spiro atoms. The minimum absolute atomic E-state index is 0.886. The molecule has 30 heavy (non-hydrogen) atoms. The lowest BCUT2D eigenvalue weighted by atomic mass is 10.1. The van der Waals surface area contributed by atoms with Crippen molar-refractivity contribution in [2.75, 3.05) is 23.9 Å². The normalized spacial score (nSPS) is 17.4. The second kappa shape index (κ2) is 8.70. The number of ether oxygens (including phenoxy) is 1. The van der Waals surface area contributed by atoms with Gasteiger partial charge >= 0.3 is 0 Å². The summed E-state index contributed by atoms with van der Waals surface area (Å²) in [5.74, 6) is 3.66. The number of hydrogen-bond donors (Lipinski definition) is 0. The molecule has 0 saturated carbocycles. The predicted octanol–water partition coefficient (Wildman–Crippen LogP) is 6.39. The first-order chi connectivity index (χ1) is 14.8. The predicted molar refractivity (Wildman–Crippen MR) is 126 cm³/mol. The van der Waals surface area contributed by atoms with Crippen LogP contribution < -0.4 is 9.64 Å². The Morgan fingerprint density at radius 3 is 2.67 bits per heavy atom. The maximum Gasteiger partial charge on any atom is 0.137 e. The summed E-state index contributed by atoms with van der Waals surface area (Å²) in [6.45, 7) is 5.33. The van der Waals surface area contributed by atoms with Gasteiger partial charge in [0.05, 0.1) is 5.88 Å². The third-order valence-corrected chi connectivity index (χ3v) is 6.82. The first-order valence-electron chi connectivity index (χ1n) is 10.7. The molecule has 2 aromatic carbocycles. The van der Waals surface area contributed by atoms with E-state index in [0.29, 0.717) is 0 Å². The van der Waals surface area contributed by atoms with Gasteiger partial charge in [-0.1, -0.05) is 42.8 Å². The zero-order chi connectivity index (χ0) is 20.3. The van der Waals surface area contributed by atoms with Crippen LogP contribution in [0.2, 0.25) is 0 Å². The minimum Gasteiger partial charge on any atom is -0.456 e. The zero-order valence-electron chi connectivity index (χ0n) is 17.4. The lowest BCUT2D eigenvalue weighted by molar-refractivity contribution is 0.218. The molecule has 0 atom stereocenters. The van der Waals surface area contributed by atoms with Crippen molar-refractivity contribution < 1.29 is 4.74 Å². The molecule has 0 bridgehead atoms. The van der Waals surface area contributed by atoms with Crippen LogP contribution in [0, 0.1) is 0 Å². The maximum atomic E-state index is 6.58. The summed E-state index contributed by atoms with van der Waals surface area (Å²) < 4.78 is 6.58. The second-order valence-corrected chi connectivity index (χ2v) is 8.88. The van der Waals surface area contributed by atoms with E-state index >= 15 is 0 Å². The minimum atomic E-state index is 0.886. The Kier molecular flexibility index (Phi) is 5.65. The van der Waals surface area contributed by atoms with Gasteiger partial charge < -0.3 is 9.64 Å². The average molecular weight is 418 g/mol. The van der Waals surface area contributed by atoms with Crippen LogP contribution in [0.3, 0.4) is 0 Å². The molecule has 2 aliphatic rings. The molecule has 0 unspecified atom stereocenters. The quantitative estimate of drug-likeness (QED) is 0.480. The Labute approximate surface area is 182 Å². The number of hydrogen-bond acceptors (Lipinski definition) is 5. The van der Waals surface area contributed by atoms with Crippen LogP contribution in [0.25, 0.3) is 10.8 Å². The van der Waals surface area contributed by atoms with Crippen LogP contribution in [-0.4, -0.2) is 28.9 Å². The van der Waals surface area contributed by atoms with E-state index in [4.69, 9.17) is 9.72 Å². The van der Waals surface area contributed by atoms with E-state index in [-0.39, 0.29) is 0 Å². The van der Waals surface area contributed by atoms with Crippen LogP contribution in [0.15, 0.2) is 65.8 Å². The van der Waals surface area contributed by atoms with Crippen molar-refractivity contribution in [2.45, 2.75) is 32.7 Å². The summed E-state index contributed by atoms with van der Waals surface area (Å²) in [6.07, 6.45) is 5.91. The Balaban J connectivity index is 1.51. The van der Waals surface area contributed by atoms with Crippen molar-refractivity contribution in [3.05, 3.63) is 71.4 Å². The fourth-order valence-corrected chi connectivity index (χ4v) is 5.15. The number of aromatic nitrogens is 1. The largest absolute Gasteiger partial charge is 0.456 e. The number of thioether (sulfide) groups is 1. The summed E-state index contributed by atoms with van der Waals surface area (Å²) in [6, 6.07) is 16.8. The average Bonchev–Trinajstić information content (AvgIpc) is 3.22. The van der Waals surface area contributed by atoms with Crippen molar-refractivity contribution in [3.8, 4) is 11.5 Å². The topological polar surface area (TPSA) is 28.6 Å². The van der Waals surface area contributed by atoms with E-state index in [0.717, 1.165) is 53.8 Å². The monoisotopic (exact) mass is 417 g/mol. The van der Waals surface area contributed by atoms with Gasteiger partial charge in [-0.2, -0.15) is 0 Å². The molecule has 1 saturated heterocycles. The van der Waals surface area contributed by atoms with Crippen molar-refractivity contribution in [3.63, 3.8) is 0 Å². The van der Waals surface area contributed by atoms with E-state index in [2.05, 4.69) is 70.7 Å². The van der Waals surface area contributed by atoms with Crippen LogP contribution in [-0.2, 0) is 6.54 Å². The summed E-state index contributed by atoms with van der Waals surface area (Å²) in [5.41, 5.74) is 2.38. The van der Waals surface area contributed by atoms with Crippen LogP contribution in [0.4, 0.5) is 5.82 Å². The number of fused-ring (bicyclic) bond motifs is 1. The van der Waals surface area contributed by atoms with Crippen LogP contribution >= 0.6 is 11.8 Å². The molecule has 3 heterocycles. The van der Waals surface area contributed by atoms with Gasteiger partial charge in [0.2, 0.25) is 0 Å². The number of nitrogens with zero attached hydrogens (tertiary/aromatic N) is 3. The molecule has 2 aliphatic heterocycles. The highest BCUT2D eigenvalue weighted by atomic mass is 32.2. The van der Waals surface area contributed by atoms with Gasteiger partial charge in [0, 0.05) is 35.5 Å². The zero-order valence-corrected chi connectivity index (χ0v) is 18.2. The molecule has 0 N–H and O–H groups in total. The molecule has 1 fully saturated rings. The fourth-order valence-electron chi connectivity index (χ4n) is 4.22. The van der Waals surface area contributed by atoms with Gasteiger partial charge in [0.1, 0.15) is 17.3 Å². The molecule has 154 valence electrons. The van der Waals surface area contributed by atoms with E-state index in [1.165, 1.54) is 30.3 Å². The van der Waals surface area contributed by atoms with Crippen LogP contribution in [0.5, 0.6) is 11.5 Å². The SMILES string of the molecule is CC1=CSCN1c1cc(Oc2cccc3ccccc23)c(CN2CCCCC2)cn1. The van der Waals surface area contributed by atoms with Crippen molar-refractivity contribution >= 4 is 28.4 Å². The molecule has 0 aliphatic carbocycles. The van der Waals surface area contributed by atoms with Gasteiger partial charge in [-0.05, 0) is 49.7 Å². The third kappa shape index (κ3) is 4.05. The Morgan fingerprint density at radius 1 is 1.00 bits per heavy atom. The van der Waals surface area contributed by atoms with Gasteiger partial charge in [-0.3, -0.25) is 4.90 Å². The summed E-state index contributed by atoms with van der Waals surface area (Å²) >= 11 is 1.80. The van der Waals surface area contributed by atoms with Crippen molar-refractivity contribution in [2.24, 2.45) is 0 Å². The van der Waals surface area contributed by atoms with E-state index in [1.807, 2.05) is 6.20 Å².